The van der Waals surface area contributed by atoms with Crippen molar-refractivity contribution < 1.29 is 4.39 Å². The minimum Gasteiger partial charge on any atom is -0.312 e. The van der Waals surface area contributed by atoms with Crippen molar-refractivity contribution in [2.75, 3.05) is 12.8 Å². The average molecular weight is 199 g/mol. The third-order valence-corrected chi connectivity index (χ3v) is 2.48. The summed E-state index contributed by atoms with van der Waals surface area (Å²) in [5.41, 5.74) is 1.76. The summed E-state index contributed by atoms with van der Waals surface area (Å²) in [6.45, 7) is 1.77. The van der Waals surface area contributed by atoms with E-state index in [2.05, 4.69) is 17.9 Å². The smallest absolute Gasteiger partial charge is 0.126 e. The molecule has 0 saturated carbocycles. The number of benzene rings is 1. The molecular weight excluding hydrogens is 185 g/mol. The first-order valence-corrected chi connectivity index (χ1v) is 4.86. The van der Waals surface area contributed by atoms with Crippen LogP contribution in [0.5, 0.6) is 0 Å². The molecule has 1 unspecified atom stereocenters. The van der Waals surface area contributed by atoms with Gasteiger partial charge >= 0.3 is 0 Å². The number of hydrogen-bond donors (Lipinski definition) is 2. The average Bonchev–Trinajstić information content (AvgIpc) is 2.13. The van der Waals surface area contributed by atoms with E-state index in [0.29, 0.717) is 11.3 Å². The lowest BCUT2D eigenvalue weighted by molar-refractivity contribution is 0.611. The Kier molecular flexibility index (Phi) is 3.75. The van der Waals surface area contributed by atoms with E-state index in [0.717, 1.165) is 5.56 Å². The maximum Gasteiger partial charge on any atom is 0.126 e. The molecule has 1 nitrogen and oxygen atoms in total. The molecule has 1 rings (SSSR count). The molecule has 1 N–H and O–H groups in total. The number of rotatable bonds is 3. The minimum atomic E-state index is -0.155. The van der Waals surface area contributed by atoms with E-state index in [9.17, 15) is 4.39 Å². The number of halogens is 1. The van der Waals surface area contributed by atoms with Crippen LogP contribution in [0.1, 0.15) is 17.2 Å². The molecule has 0 radical (unpaired) electrons. The summed E-state index contributed by atoms with van der Waals surface area (Å²) in [7, 11) is 1.87. The molecule has 0 aliphatic heterocycles. The normalized spacial score (nSPS) is 12.9. The fourth-order valence-electron chi connectivity index (χ4n) is 1.25. The molecule has 1 atom stereocenters. The molecule has 13 heavy (non-hydrogen) atoms. The van der Waals surface area contributed by atoms with Crippen molar-refractivity contribution in [2.45, 2.75) is 13.0 Å². The van der Waals surface area contributed by atoms with Crippen molar-refractivity contribution in [3.05, 3.63) is 35.1 Å². The standard InChI is InChI=1S/C10H14FNS/c1-7-5-8(3-4-9(7)11)10(6-13)12-2/h3-5,10,12-13H,6H2,1-2H3. The third kappa shape index (κ3) is 2.45. The first kappa shape index (κ1) is 10.5. The zero-order chi connectivity index (χ0) is 9.84. The van der Waals surface area contributed by atoms with E-state index < -0.39 is 0 Å². The van der Waals surface area contributed by atoms with Gasteiger partial charge in [-0.05, 0) is 31.2 Å². The van der Waals surface area contributed by atoms with Gasteiger partial charge in [0, 0.05) is 11.8 Å². The van der Waals surface area contributed by atoms with Crippen LogP contribution < -0.4 is 5.32 Å². The molecule has 0 fully saturated rings. The Morgan fingerprint density at radius 3 is 2.69 bits per heavy atom. The van der Waals surface area contributed by atoms with E-state index in [4.69, 9.17) is 0 Å². The Hall–Kier alpha value is -0.540. The van der Waals surface area contributed by atoms with Gasteiger partial charge in [-0.3, -0.25) is 0 Å². The summed E-state index contributed by atoms with van der Waals surface area (Å²) in [5, 5.41) is 3.12. The molecule has 0 aromatic heterocycles. The van der Waals surface area contributed by atoms with Gasteiger partial charge in [0.05, 0.1) is 0 Å². The molecule has 3 heteroatoms. The van der Waals surface area contributed by atoms with Gasteiger partial charge in [0.15, 0.2) is 0 Å². The lowest BCUT2D eigenvalue weighted by Gasteiger charge is -2.14. The fraction of sp³-hybridized carbons (Fsp3) is 0.400. The molecule has 0 amide bonds. The monoisotopic (exact) mass is 199 g/mol. The third-order valence-electron chi connectivity index (χ3n) is 2.12. The SMILES string of the molecule is CNC(CS)c1ccc(F)c(C)c1. The summed E-state index contributed by atoms with van der Waals surface area (Å²) in [4.78, 5) is 0. The van der Waals surface area contributed by atoms with Gasteiger partial charge in [-0.25, -0.2) is 4.39 Å². The van der Waals surface area contributed by atoms with Crippen molar-refractivity contribution in [1.82, 2.24) is 5.32 Å². The molecule has 0 bridgehead atoms. The fourth-order valence-corrected chi connectivity index (χ4v) is 1.64. The summed E-state index contributed by atoms with van der Waals surface area (Å²) >= 11 is 4.21. The van der Waals surface area contributed by atoms with E-state index in [-0.39, 0.29) is 11.9 Å². The van der Waals surface area contributed by atoms with Crippen LogP contribution in [0.25, 0.3) is 0 Å². The lowest BCUT2D eigenvalue weighted by atomic mass is 10.1. The summed E-state index contributed by atoms with van der Waals surface area (Å²) in [6.07, 6.45) is 0. The molecule has 1 aromatic rings. The second-order valence-electron chi connectivity index (χ2n) is 3.03. The van der Waals surface area contributed by atoms with E-state index in [1.807, 2.05) is 13.1 Å². The number of hydrogen-bond acceptors (Lipinski definition) is 2. The molecule has 0 aliphatic carbocycles. The van der Waals surface area contributed by atoms with Crippen LogP contribution in [-0.2, 0) is 0 Å². The molecule has 0 aliphatic rings. The second kappa shape index (κ2) is 4.63. The molecule has 0 saturated heterocycles. The van der Waals surface area contributed by atoms with Crippen LogP contribution >= 0.6 is 12.6 Å². The largest absolute Gasteiger partial charge is 0.312 e. The van der Waals surface area contributed by atoms with Crippen molar-refractivity contribution in [1.29, 1.82) is 0 Å². The first-order chi connectivity index (χ1) is 6.19. The number of thiol groups is 1. The summed E-state index contributed by atoms with van der Waals surface area (Å²) < 4.78 is 12.9. The van der Waals surface area contributed by atoms with Gasteiger partial charge < -0.3 is 5.32 Å². The summed E-state index contributed by atoms with van der Waals surface area (Å²) in [6, 6.07) is 5.34. The highest BCUT2D eigenvalue weighted by Gasteiger charge is 2.07. The zero-order valence-corrected chi connectivity index (χ0v) is 8.74. The molecule has 0 heterocycles. The van der Waals surface area contributed by atoms with Crippen LogP contribution in [0.4, 0.5) is 4.39 Å². The van der Waals surface area contributed by atoms with Crippen LogP contribution in [0.15, 0.2) is 18.2 Å². The van der Waals surface area contributed by atoms with Crippen LogP contribution in [0.3, 0.4) is 0 Å². The van der Waals surface area contributed by atoms with Gasteiger partial charge in [-0.1, -0.05) is 12.1 Å². The molecular formula is C10H14FNS. The van der Waals surface area contributed by atoms with Gasteiger partial charge in [0.25, 0.3) is 0 Å². The van der Waals surface area contributed by atoms with Crippen molar-refractivity contribution in [3.63, 3.8) is 0 Å². The lowest BCUT2D eigenvalue weighted by Crippen LogP contribution is -2.17. The van der Waals surface area contributed by atoms with Crippen LogP contribution in [0, 0.1) is 12.7 Å². The Morgan fingerprint density at radius 1 is 1.54 bits per heavy atom. The topological polar surface area (TPSA) is 12.0 Å². The van der Waals surface area contributed by atoms with Gasteiger partial charge in [0.2, 0.25) is 0 Å². The Balaban J connectivity index is 2.95. The Bertz CT molecular complexity index is 284. The molecule has 0 spiro atoms. The van der Waals surface area contributed by atoms with Gasteiger partial charge in [-0.15, -0.1) is 0 Å². The highest BCUT2D eigenvalue weighted by Crippen LogP contribution is 2.17. The Morgan fingerprint density at radius 2 is 2.23 bits per heavy atom. The van der Waals surface area contributed by atoms with Crippen molar-refractivity contribution >= 4 is 12.6 Å². The van der Waals surface area contributed by atoms with Crippen molar-refractivity contribution in [2.24, 2.45) is 0 Å². The number of nitrogens with one attached hydrogen (secondary N) is 1. The van der Waals surface area contributed by atoms with E-state index in [1.54, 1.807) is 13.0 Å². The predicted molar refractivity (Wildman–Crippen MR) is 56.8 cm³/mol. The van der Waals surface area contributed by atoms with Crippen molar-refractivity contribution in [3.8, 4) is 0 Å². The summed E-state index contributed by atoms with van der Waals surface area (Å²) in [5.74, 6) is 0.555. The van der Waals surface area contributed by atoms with E-state index in [1.165, 1.54) is 6.07 Å². The zero-order valence-electron chi connectivity index (χ0n) is 7.84. The molecule has 72 valence electrons. The van der Waals surface area contributed by atoms with Gasteiger partial charge in [-0.2, -0.15) is 12.6 Å². The van der Waals surface area contributed by atoms with E-state index >= 15 is 0 Å². The highest BCUT2D eigenvalue weighted by molar-refractivity contribution is 7.80. The maximum atomic E-state index is 12.9. The minimum absolute atomic E-state index is 0.155. The molecule has 1 aromatic carbocycles. The predicted octanol–water partition coefficient (Wildman–Crippen LogP) is 2.32. The number of aryl methyl sites for hydroxylation is 1. The second-order valence-corrected chi connectivity index (χ2v) is 3.40. The maximum absolute atomic E-state index is 12.9. The quantitative estimate of drug-likeness (QED) is 0.712. The highest BCUT2D eigenvalue weighted by atomic mass is 32.1. The first-order valence-electron chi connectivity index (χ1n) is 4.23. The van der Waals surface area contributed by atoms with Crippen LogP contribution in [-0.4, -0.2) is 12.8 Å². The van der Waals surface area contributed by atoms with Gasteiger partial charge in [0.1, 0.15) is 5.82 Å². The van der Waals surface area contributed by atoms with Crippen LogP contribution in [0.2, 0.25) is 0 Å². The Labute approximate surface area is 83.8 Å².